The molecule has 0 spiro atoms. The Bertz CT molecular complexity index is 213. The molecular weight excluding hydrogens is 212 g/mol. The Kier molecular flexibility index (Phi) is 5.22. The van der Waals surface area contributed by atoms with Gasteiger partial charge >= 0.3 is 0 Å². The lowest BCUT2D eigenvalue weighted by atomic mass is 10.1. The fourth-order valence-corrected chi connectivity index (χ4v) is 2.78. The highest BCUT2D eigenvalue weighted by atomic mass is 15.2. The second kappa shape index (κ2) is 6.69. The minimum absolute atomic E-state index is 0.457. The average Bonchev–Trinajstić information content (AvgIpc) is 2.54. The zero-order valence-electron chi connectivity index (χ0n) is 11.3. The van der Waals surface area contributed by atoms with Gasteiger partial charge in [0.15, 0.2) is 0 Å². The van der Waals surface area contributed by atoms with E-state index in [1.165, 1.54) is 71.6 Å². The molecule has 2 saturated heterocycles. The summed E-state index contributed by atoms with van der Waals surface area (Å²) in [5, 5.41) is 0. The van der Waals surface area contributed by atoms with Crippen LogP contribution in [0.2, 0.25) is 0 Å². The van der Waals surface area contributed by atoms with Crippen molar-refractivity contribution in [3.05, 3.63) is 0 Å². The molecule has 0 aromatic carbocycles. The van der Waals surface area contributed by atoms with Crippen molar-refractivity contribution < 1.29 is 0 Å². The number of nitrogens with two attached hydrogens (primary N) is 1. The summed E-state index contributed by atoms with van der Waals surface area (Å²) in [7, 11) is 2.23. The highest BCUT2D eigenvalue weighted by Crippen LogP contribution is 2.08. The zero-order valence-corrected chi connectivity index (χ0v) is 11.3. The minimum Gasteiger partial charge on any atom is -0.328 e. The molecule has 0 radical (unpaired) electrons. The lowest BCUT2D eigenvalue weighted by Gasteiger charge is -2.32. The van der Waals surface area contributed by atoms with E-state index in [1.54, 1.807) is 0 Å². The molecule has 0 unspecified atom stereocenters. The van der Waals surface area contributed by atoms with E-state index in [0.717, 1.165) is 0 Å². The third-order valence-electron chi connectivity index (χ3n) is 4.18. The van der Waals surface area contributed by atoms with Gasteiger partial charge in [-0.25, -0.2) is 0 Å². The van der Waals surface area contributed by atoms with Gasteiger partial charge in [-0.15, -0.1) is 0 Å². The van der Waals surface area contributed by atoms with Gasteiger partial charge in [0.25, 0.3) is 0 Å². The van der Waals surface area contributed by atoms with Crippen LogP contribution in [-0.4, -0.2) is 80.1 Å². The number of piperidine rings is 1. The molecule has 2 aliphatic heterocycles. The molecule has 2 N–H and O–H groups in total. The van der Waals surface area contributed by atoms with Crippen molar-refractivity contribution in [3.8, 4) is 0 Å². The summed E-state index contributed by atoms with van der Waals surface area (Å²) in [6, 6.07) is 0.457. The lowest BCUT2D eigenvalue weighted by Crippen LogP contribution is -2.43. The van der Waals surface area contributed by atoms with Crippen molar-refractivity contribution in [1.82, 2.24) is 14.7 Å². The largest absolute Gasteiger partial charge is 0.328 e. The highest BCUT2D eigenvalue weighted by molar-refractivity contribution is 4.75. The van der Waals surface area contributed by atoms with E-state index in [1.807, 2.05) is 0 Å². The average molecular weight is 240 g/mol. The van der Waals surface area contributed by atoms with Crippen molar-refractivity contribution in [2.45, 2.75) is 25.3 Å². The molecule has 0 atom stereocenters. The maximum absolute atomic E-state index is 5.93. The van der Waals surface area contributed by atoms with Crippen LogP contribution in [0, 0.1) is 0 Å². The summed E-state index contributed by atoms with van der Waals surface area (Å²) < 4.78 is 0. The zero-order chi connectivity index (χ0) is 12.1. The molecule has 0 bridgehead atoms. The van der Waals surface area contributed by atoms with Crippen LogP contribution >= 0.6 is 0 Å². The van der Waals surface area contributed by atoms with E-state index in [2.05, 4.69) is 21.7 Å². The first-order valence-electron chi connectivity index (χ1n) is 7.13. The molecule has 2 rings (SSSR count). The first kappa shape index (κ1) is 13.3. The molecule has 2 heterocycles. The lowest BCUT2D eigenvalue weighted by molar-refractivity contribution is 0.175. The van der Waals surface area contributed by atoms with Gasteiger partial charge in [-0.1, -0.05) is 0 Å². The number of nitrogens with zero attached hydrogens (tertiary/aromatic N) is 3. The smallest absolute Gasteiger partial charge is 0.0110 e. The number of likely N-dealkylation sites (tertiary alicyclic amines) is 1. The van der Waals surface area contributed by atoms with Crippen LogP contribution in [0.5, 0.6) is 0 Å². The van der Waals surface area contributed by atoms with Crippen LogP contribution in [0.15, 0.2) is 0 Å². The van der Waals surface area contributed by atoms with Gasteiger partial charge in [0.05, 0.1) is 0 Å². The van der Waals surface area contributed by atoms with Gasteiger partial charge in [-0.2, -0.15) is 0 Å². The van der Waals surface area contributed by atoms with E-state index in [9.17, 15) is 0 Å². The Morgan fingerprint density at radius 1 is 0.882 bits per heavy atom. The Balaban J connectivity index is 1.64. The summed E-state index contributed by atoms with van der Waals surface area (Å²) in [6.07, 6.45) is 3.69. The topological polar surface area (TPSA) is 35.7 Å². The van der Waals surface area contributed by atoms with Crippen molar-refractivity contribution in [3.63, 3.8) is 0 Å². The number of hydrogen-bond donors (Lipinski definition) is 1. The number of likely N-dealkylation sites (N-methyl/N-ethyl adjacent to an activating group) is 1. The van der Waals surface area contributed by atoms with Crippen LogP contribution in [0.1, 0.15) is 19.3 Å². The Morgan fingerprint density at radius 2 is 1.53 bits per heavy atom. The molecule has 100 valence electrons. The molecule has 0 aliphatic carbocycles. The molecule has 17 heavy (non-hydrogen) atoms. The number of rotatable bonds is 3. The predicted octanol–water partition coefficient (Wildman–Crippen LogP) is 0.0470. The Morgan fingerprint density at radius 3 is 2.24 bits per heavy atom. The summed E-state index contributed by atoms with van der Waals surface area (Å²) in [5.74, 6) is 0. The van der Waals surface area contributed by atoms with E-state index in [4.69, 9.17) is 5.73 Å². The molecule has 4 heteroatoms. The van der Waals surface area contributed by atoms with Crippen molar-refractivity contribution >= 4 is 0 Å². The van der Waals surface area contributed by atoms with Crippen LogP contribution in [0.4, 0.5) is 0 Å². The third kappa shape index (κ3) is 4.54. The first-order chi connectivity index (χ1) is 8.24. The summed E-state index contributed by atoms with van der Waals surface area (Å²) >= 11 is 0. The normalized spacial score (nSPS) is 27.2. The SMILES string of the molecule is CN1CCCN(CCN2CCC(N)CC2)CC1. The molecule has 0 amide bonds. The van der Waals surface area contributed by atoms with Crippen LogP contribution in [0.25, 0.3) is 0 Å². The summed E-state index contributed by atoms with van der Waals surface area (Å²) in [6.45, 7) is 9.88. The molecule has 0 aromatic heterocycles. The molecule has 0 saturated carbocycles. The van der Waals surface area contributed by atoms with E-state index in [-0.39, 0.29) is 0 Å². The first-order valence-corrected chi connectivity index (χ1v) is 7.13. The fourth-order valence-electron chi connectivity index (χ4n) is 2.78. The van der Waals surface area contributed by atoms with Gasteiger partial charge in [-0.3, -0.25) is 0 Å². The van der Waals surface area contributed by atoms with Crippen LogP contribution in [0.3, 0.4) is 0 Å². The van der Waals surface area contributed by atoms with E-state index < -0.39 is 0 Å². The van der Waals surface area contributed by atoms with Gasteiger partial charge < -0.3 is 20.4 Å². The monoisotopic (exact) mass is 240 g/mol. The molecular formula is C13H28N4. The van der Waals surface area contributed by atoms with E-state index in [0.29, 0.717) is 6.04 Å². The molecule has 2 fully saturated rings. The predicted molar refractivity (Wildman–Crippen MR) is 72.2 cm³/mol. The van der Waals surface area contributed by atoms with Crippen LogP contribution in [-0.2, 0) is 0 Å². The molecule has 2 aliphatic rings. The van der Waals surface area contributed by atoms with Gasteiger partial charge in [0, 0.05) is 32.2 Å². The Labute approximate surface area is 106 Å². The second-order valence-corrected chi connectivity index (χ2v) is 5.68. The maximum atomic E-state index is 5.93. The van der Waals surface area contributed by atoms with E-state index >= 15 is 0 Å². The third-order valence-corrected chi connectivity index (χ3v) is 4.18. The summed E-state index contributed by atoms with van der Waals surface area (Å²) in [4.78, 5) is 7.65. The second-order valence-electron chi connectivity index (χ2n) is 5.68. The highest BCUT2D eigenvalue weighted by Gasteiger charge is 2.17. The van der Waals surface area contributed by atoms with Gasteiger partial charge in [0.2, 0.25) is 0 Å². The maximum Gasteiger partial charge on any atom is 0.0110 e. The molecule has 0 aromatic rings. The van der Waals surface area contributed by atoms with Crippen LogP contribution < -0.4 is 5.73 Å². The fraction of sp³-hybridized carbons (Fsp3) is 1.00. The standard InChI is InChI=1S/C13H28N4/c1-15-5-2-6-16(10-9-15)11-12-17-7-3-13(14)4-8-17/h13H,2-12,14H2,1H3. The minimum atomic E-state index is 0.457. The van der Waals surface area contributed by atoms with Gasteiger partial charge in [-0.05, 0) is 52.5 Å². The van der Waals surface area contributed by atoms with Crippen molar-refractivity contribution in [1.29, 1.82) is 0 Å². The summed E-state index contributed by atoms with van der Waals surface area (Å²) in [5.41, 5.74) is 5.93. The number of hydrogen-bond acceptors (Lipinski definition) is 4. The van der Waals surface area contributed by atoms with Crippen molar-refractivity contribution in [2.75, 3.05) is 59.4 Å². The van der Waals surface area contributed by atoms with Crippen molar-refractivity contribution in [2.24, 2.45) is 5.73 Å². The Hall–Kier alpha value is -0.160. The quantitative estimate of drug-likeness (QED) is 0.756. The molecule has 4 nitrogen and oxygen atoms in total. The van der Waals surface area contributed by atoms with Gasteiger partial charge in [0.1, 0.15) is 0 Å².